The number of carboxylic acid groups (broad SMARTS) is 1. The van der Waals surface area contributed by atoms with Crippen molar-refractivity contribution in [2.75, 3.05) is 7.11 Å². The van der Waals surface area contributed by atoms with Crippen LogP contribution in [-0.2, 0) is 17.8 Å². The van der Waals surface area contributed by atoms with Crippen LogP contribution in [0.3, 0.4) is 0 Å². The zero-order valence-corrected chi connectivity index (χ0v) is 15.5. The van der Waals surface area contributed by atoms with Crippen molar-refractivity contribution in [3.63, 3.8) is 0 Å². The van der Waals surface area contributed by atoms with Gasteiger partial charge < -0.3 is 15.2 Å². The average molecular weight is 382 g/mol. The molecule has 1 amide bonds. The van der Waals surface area contributed by atoms with E-state index >= 15 is 0 Å². The number of carbonyl (C=O) groups excluding carboxylic acids is 1. The number of methoxy groups -OCH3 is 1. The number of ether oxygens (including phenoxy) is 1. The highest BCUT2D eigenvalue weighted by molar-refractivity contribution is 7.13. The molecule has 6 nitrogen and oxygen atoms in total. The summed E-state index contributed by atoms with van der Waals surface area (Å²) in [6.45, 7) is 0.339. The number of carbonyl (C=O) groups is 2. The SMILES string of the molecule is COc1cccc(-c2nc(CC(=O)NCc3ccc(C(=O)O)cc3)cs2)c1. The maximum atomic E-state index is 12.1. The minimum absolute atomic E-state index is 0.139. The standard InChI is InChI=1S/C20H18N2O4S/c1-26-17-4-2-3-15(9-17)19-22-16(12-27-19)10-18(23)21-11-13-5-7-14(8-6-13)20(24)25/h2-9,12H,10-11H2,1H3,(H,21,23)(H,24,25). The molecule has 0 saturated heterocycles. The summed E-state index contributed by atoms with van der Waals surface area (Å²) in [5.74, 6) is -0.350. The van der Waals surface area contributed by atoms with Crippen molar-refractivity contribution in [3.05, 3.63) is 70.7 Å². The molecular formula is C20H18N2O4S. The molecule has 3 rings (SSSR count). The highest BCUT2D eigenvalue weighted by Gasteiger charge is 2.10. The van der Waals surface area contributed by atoms with Gasteiger partial charge in [-0.3, -0.25) is 4.79 Å². The lowest BCUT2D eigenvalue weighted by Gasteiger charge is -2.05. The predicted molar refractivity (Wildman–Crippen MR) is 103 cm³/mol. The normalized spacial score (nSPS) is 10.4. The van der Waals surface area contributed by atoms with Gasteiger partial charge in [0.15, 0.2) is 0 Å². The van der Waals surface area contributed by atoms with E-state index in [0.29, 0.717) is 12.2 Å². The van der Waals surface area contributed by atoms with Gasteiger partial charge in [-0.25, -0.2) is 9.78 Å². The molecule has 7 heteroatoms. The first-order valence-electron chi connectivity index (χ1n) is 8.23. The Bertz CT molecular complexity index is 951. The fraction of sp³-hybridized carbons (Fsp3) is 0.150. The van der Waals surface area contributed by atoms with Gasteiger partial charge in [-0.2, -0.15) is 0 Å². The Morgan fingerprint density at radius 2 is 1.96 bits per heavy atom. The van der Waals surface area contributed by atoms with Crippen molar-refractivity contribution in [2.24, 2.45) is 0 Å². The number of hydrogen-bond donors (Lipinski definition) is 2. The Hall–Kier alpha value is -3.19. The molecule has 138 valence electrons. The van der Waals surface area contributed by atoms with E-state index in [-0.39, 0.29) is 17.9 Å². The third-order valence-corrected chi connectivity index (χ3v) is 4.84. The molecule has 3 aromatic rings. The van der Waals surface area contributed by atoms with Gasteiger partial charge >= 0.3 is 5.97 Å². The molecule has 0 spiro atoms. The van der Waals surface area contributed by atoms with Gasteiger partial charge in [-0.1, -0.05) is 24.3 Å². The van der Waals surface area contributed by atoms with Crippen molar-refractivity contribution in [1.29, 1.82) is 0 Å². The molecule has 2 N–H and O–H groups in total. The number of aromatic carboxylic acids is 1. The molecule has 1 heterocycles. The molecule has 0 radical (unpaired) electrons. The second-order valence-corrected chi connectivity index (χ2v) is 6.69. The van der Waals surface area contributed by atoms with E-state index in [0.717, 1.165) is 21.9 Å². The van der Waals surface area contributed by atoms with Crippen molar-refractivity contribution in [1.82, 2.24) is 10.3 Å². The zero-order chi connectivity index (χ0) is 19.2. The minimum Gasteiger partial charge on any atom is -0.497 e. The van der Waals surface area contributed by atoms with E-state index in [1.165, 1.54) is 23.5 Å². The number of aromatic nitrogens is 1. The second kappa shape index (κ2) is 8.46. The fourth-order valence-electron chi connectivity index (χ4n) is 2.47. The zero-order valence-electron chi connectivity index (χ0n) is 14.6. The maximum Gasteiger partial charge on any atom is 0.335 e. The first kappa shape index (κ1) is 18.6. The summed E-state index contributed by atoms with van der Waals surface area (Å²) in [6, 6.07) is 14.0. The van der Waals surface area contributed by atoms with Crippen molar-refractivity contribution in [2.45, 2.75) is 13.0 Å². The van der Waals surface area contributed by atoms with Gasteiger partial charge in [0.05, 0.1) is 24.8 Å². The Kier molecular flexibility index (Phi) is 5.83. The molecule has 0 unspecified atom stereocenters. The number of rotatable bonds is 7. The number of amides is 1. The van der Waals surface area contributed by atoms with Crippen molar-refractivity contribution >= 4 is 23.2 Å². The van der Waals surface area contributed by atoms with Crippen LogP contribution in [0.25, 0.3) is 10.6 Å². The van der Waals surface area contributed by atoms with Gasteiger partial charge in [0.2, 0.25) is 5.91 Å². The van der Waals surface area contributed by atoms with Crippen LogP contribution in [0, 0.1) is 0 Å². The smallest absolute Gasteiger partial charge is 0.335 e. The van der Waals surface area contributed by atoms with Gasteiger partial charge in [-0.15, -0.1) is 11.3 Å². The van der Waals surface area contributed by atoms with Crippen molar-refractivity contribution in [3.8, 4) is 16.3 Å². The van der Waals surface area contributed by atoms with Gasteiger partial charge in [0.25, 0.3) is 0 Å². The summed E-state index contributed by atoms with van der Waals surface area (Å²) < 4.78 is 5.22. The van der Waals surface area contributed by atoms with E-state index in [1.54, 1.807) is 19.2 Å². The Morgan fingerprint density at radius 3 is 2.67 bits per heavy atom. The van der Waals surface area contributed by atoms with E-state index < -0.39 is 5.97 Å². The van der Waals surface area contributed by atoms with Crippen LogP contribution < -0.4 is 10.1 Å². The predicted octanol–water partition coefficient (Wildman–Crippen LogP) is 3.38. The van der Waals surface area contributed by atoms with E-state index in [4.69, 9.17) is 9.84 Å². The molecule has 0 aliphatic rings. The lowest BCUT2D eigenvalue weighted by molar-refractivity contribution is -0.120. The Balaban J connectivity index is 1.56. The topological polar surface area (TPSA) is 88.5 Å². The fourth-order valence-corrected chi connectivity index (χ4v) is 3.29. The summed E-state index contributed by atoms with van der Waals surface area (Å²) in [7, 11) is 1.62. The summed E-state index contributed by atoms with van der Waals surface area (Å²) in [5, 5.41) is 14.4. The minimum atomic E-state index is -0.971. The van der Waals surface area contributed by atoms with Crippen LogP contribution in [0.1, 0.15) is 21.6 Å². The largest absolute Gasteiger partial charge is 0.497 e. The van der Waals surface area contributed by atoms with Crippen LogP contribution >= 0.6 is 11.3 Å². The maximum absolute atomic E-state index is 12.1. The van der Waals surface area contributed by atoms with Gasteiger partial charge in [0.1, 0.15) is 10.8 Å². The van der Waals surface area contributed by atoms with Gasteiger partial charge in [-0.05, 0) is 29.8 Å². The molecule has 0 fully saturated rings. The molecule has 1 aromatic heterocycles. The molecule has 2 aromatic carbocycles. The molecule has 27 heavy (non-hydrogen) atoms. The monoisotopic (exact) mass is 382 g/mol. The van der Waals surface area contributed by atoms with Crippen LogP contribution in [0.4, 0.5) is 0 Å². The number of hydrogen-bond acceptors (Lipinski definition) is 5. The molecule has 0 bridgehead atoms. The lowest BCUT2D eigenvalue weighted by Crippen LogP contribution is -2.24. The van der Waals surface area contributed by atoms with E-state index in [9.17, 15) is 9.59 Å². The highest BCUT2D eigenvalue weighted by atomic mass is 32.1. The number of benzene rings is 2. The van der Waals surface area contributed by atoms with Crippen LogP contribution in [0.5, 0.6) is 5.75 Å². The first-order chi connectivity index (χ1) is 13.0. The van der Waals surface area contributed by atoms with Crippen molar-refractivity contribution < 1.29 is 19.4 Å². The molecule has 0 aliphatic carbocycles. The number of thiazole rings is 1. The quantitative estimate of drug-likeness (QED) is 0.654. The van der Waals surface area contributed by atoms with E-state index in [1.807, 2.05) is 29.6 Å². The van der Waals surface area contributed by atoms with Crippen LogP contribution in [0.15, 0.2) is 53.9 Å². The van der Waals surface area contributed by atoms with E-state index in [2.05, 4.69) is 10.3 Å². The molecule has 0 atom stereocenters. The summed E-state index contributed by atoms with van der Waals surface area (Å²) in [5.41, 5.74) is 2.71. The Morgan fingerprint density at radius 1 is 1.19 bits per heavy atom. The third-order valence-electron chi connectivity index (χ3n) is 3.90. The summed E-state index contributed by atoms with van der Waals surface area (Å²) in [4.78, 5) is 27.5. The molecular weight excluding hydrogens is 364 g/mol. The molecule has 0 aliphatic heterocycles. The lowest BCUT2D eigenvalue weighted by atomic mass is 10.1. The second-order valence-electron chi connectivity index (χ2n) is 5.83. The van der Waals surface area contributed by atoms with Crippen LogP contribution in [-0.4, -0.2) is 29.1 Å². The summed E-state index contributed by atoms with van der Waals surface area (Å²) >= 11 is 1.48. The average Bonchev–Trinajstić information content (AvgIpc) is 3.15. The van der Waals surface area contributed by atoms with Crippen LogP contribution in [0.2, 0.25) is 0 Å². The summed E-state index contributed by atoms with van der Waals surface area (Å²) in [6.07, 6.45) is 0.188. The highest BCUT2D eigenvalue weighted by Crippen LogP contribution is 2.26. The molecule has 0 saturated carbocycles. The number of nitrogens with zero attached hydrogens (tertiary/aromatic N) is 1. The third kappa shape index (κ3) is 4.92. The first-order valence-corrected chi connectivity index (χ1v) is 9.11. The number of carboxylic acids is 1. The number of nitrogens with one attached hydrogen (secondary N) is 1. The Labute approximate surface area is 160 Å². The van der Waals surface area contributed by atoms with Gasteiger partial charge in [0, 0.05) is 17.5 Å².